The molecule has 2 heterocycles. The lowest BCUT2D eigenvalue weighted by Gasteiger charge is -2.60. The Hall–Kier alpha value is -9.26. The second kappa shape index (κ2) is 37.5. The first-order valence-electron chi connectivity index (χ1n) is 56.1. The molecule has 6 aromatic rings. The Morgan fingerprint density at radius 2 is 0.720 bits per heavy atom. The Bertz CT molecular complexity index is 6200. The Morgan fingerprint density at radius 1 is 0.371 bits per heavy atom. The van der Waals surface area contributed by atoms with Gasteiger partial charge in [-0.15, -0.1) is 5.10 Å². The normalized spacial score (nSPS) is 43.3. The number of nitrogens with zero attached hydrogens (tertiary/aromatic N) is 8. The predicted molar refractivity (Wildman–Crippen MR) is 565 cm³/mol. The number of nitro groups is 1. The number of hydrogen-bond donors (Lipinski definition) is 6. The highest BCUT2D eigenvalue weighted by atomic mass is 16.6. The number of allylic oxidation sites excluding steroid dienone is 14. The summed E-state index contributed by atoms with van der Waals surface area (Å²) in [5, 5.41) is 110. The summed E-state index contributed by atoms with van der Waals surface area (Å²) in [6, 6.07) is 59.7. The third-order valence-electron chi connectivity index (χ3n) is 45.8. The van der Waals surface area contributed by atoms with E-state index in [1.54, 1.807) is 5.57 Å². The standard InChI is InChI=1S/2C26H31NO.C25H32N4O.C25H31NO3.C25H33NO2/c2*1-25-13-11-23-20(22(25)9-8-21(25)17-6-4-3-5-7-17)14-18(16-27)24-15-19(28)10-12-26(23,24)2;1-24-13-11-21-18(20(24)9-8-19(24)16-6-4-3-5-7-16)15-23-26-27-28-29(23)22-14-17(30)10-12-25(21,22)2;1-24-13-11-21-18(20(24)9-8-19(24)16-6-4-3-5-7-16)15-23(26(28)29)22-14-17(27)10-12-25(21,22)2;1-24-13-11-21-18(20(24)9-8-19(24)16-6-4-3-5-7-16)15-23(26-28)22-14-17(27)10-12-25(21,22)2/h3-8,19-20,22-23,28H,9-15H2,1-2H3;3-8,14,19-20,22-24,28H,9-13,15H2,1-2H3;3-8,17-18,20-22,30H,9-15H2,1-2H3;3-8,17-18,20-21,27H,9-15H2,1-2H3;3-8,17-18,20-22,27-28H,9-15H2,1-2H3/b;;;;26-23+/t19-,20-,22-,23-,25+,26+;19-,20-,22-,23-,24+,25+,26+;17-,18-,20-,21-,22-,24+,25+;17-,18-,20-,21-,24+,25+;17-,18-,20-,21-,22+,24+,25+/m00000/s1. The summed E-state index contributed by atoms with van der Waals surface area (Å²) in [6.45, 7) is 24.3. The smallest absolute Gasteiger partial charge is 0.246 e. The third-order valence-corrected chi connectivity index (χ3v) is 45.8. The van der Waals surface area contributed by atoms with Gasteiger partial charge in [-0.2, -0.15) is 10.5 Å². The molecule has 0 unspecified atom stereocenters. The van der Waals surface area contributed by atoms with Gasteiger partial charge in [-0.05, 0) is 414 Å². The van der Waals surface area contributed by atoms with Crippen LogP contribution in [0, 0.1) is 188 Å². The fourth-order valence-corrected chi connectivity index (χ4v) is 38.3. The molecule has 20 aliphatic rings. The maximum Gasteiger partial charge on any atom is 0.246 e. The third kappa shape index (κ3) is 16.1. The van der Waals surface area contributed by atoms with Gasteiger partial charge < -0.3 is 30.7 Å². The van der Waals surface area contributed by atoms with Crippen LogP contribution in [0.15, 0.2) is 221 Å². The summed E-state index contributed by atoms with van der Waals surface area (Å²) in [7, 11) is 0. The average Bonchev–Trinajstić information content (AvgIpc) is 1.67. The molecule has 0 amide bonds. The number of tetrazole rings is 1. The first-order chi connectivity index (χ1) is 68.8. The zero-order valence-electron chi connectivity index (χ0n) is 86.8. The van der Waals surface area contributed by atoms with Crippen molar-refractivity contribution in [3.05, 3.63) is 260 Å². The van der Waals surface area contributed by atoms with Crippen LogP contribution >= 0.6 is 0 Å². The first kappa shape index (κ1) is 98.4. The monoisotopic (exact) mass is 1920 g/mol. The zero-order valence-corrected chi connectivity index (χ0v) is 86.8. The highest BCUT2D eigenvalue weighted by Gasteiger charge is 2.67. The average molecular weight is 1920 g/mol. The summed E-state index contributed by atoms with van der Waals surface area (Å²) in [5.41, 5.74) is 21.5. The van der Waals surface area contributed by atoms with Crippen LogP contribution in [0.4, 0.5) is 0 Å². The van der Waals surface area contributed by atoms with E-state index in [4.69, 9.17) is 0 Å². The number of oxime groups is 1. The molecule has 11 fully saturated rings. The van der Waals surface area contributed by atoms with Crippen LogP contribution in [0.1, 0.15) is 321 Å². The van der Waals surface area contributed by atoms with E-state index in [1.165, 1.54) is 107 Å². The molecule has 11 saturated carbocycles. The van der Waals surface area contributed by atoms with Crippen molar-refractivity contribution in [2.75, 3.05) is 0 Å². The van der Waals surface area contributed by atoms with Crippen LogP contribution in [0.5, 0.6) is 0 Å². The second-order valence-electron chi connectivity index (χ2n) is 51.7. The molecule has 0 spiro atoms. The zero-order chi connectivity index (χ0) is 99.5. The number of aromatic nitrogens is 4. The molecule has 6 N–H and O–H groups in total. The summed E-state index contributed by atoms with van der Waals surface area (Å²) in [6.07, 6.45) is 47.6. The van der Waals surface area contributed by atoms with E-state index in [0.717, 1.165) is 182 Å². The van der Waals surface area contributed by atoms with Gasteiger partial charge in [0.15, 0.2) is 5.82 Å². The van der Waals surface area contributed by atoms with E-state index in [1.807, 2.05) is 0 Å². The Kier molecular flexibility index (Phi) is 25.8. The van der Waals surface area contributed by atoms with Crippen molar-refractivity contribution < 1.29 is 35.7 Å². The molecular weight excluding hydrogens is 1770 g/mol. The van der Waals surface area contributed by atoms with E-state index in [9.17, 15) is 51.4 Å². The van der Waals surface area contributed by atoms with Gasteiger partial charge in [0.25, 0.3) is 0 Å². The highest BCUT2D eigenvalue weighted by molar-refractivity contribution is 5.89. The number of nitriles is 2. The van der Waals surface area contributed by atoms with Gasteiger partial charge in [0, 0.05) is 47.8 Å². The highest BCUT2D eigenvalue weighted by Crippen LogP contribution is 2.75. The summed E-state index contributed by atoms with van der Waals surface area (Å²) >= 11 is 0. The van der Waals surface area contributed by atoms with Gasteiger partial charge in [0.05, 0.1) is 59.3 Å². The van der Waals surface area contributed by atoms with Crippen LogP contribution in [-0.2, 0) is 6.42 Å². The van der Waals surface area contributed by atoms with Crippen molar-refractivity contribution in [1.82, 2.24) is 20.2 Å². The lowest BCUT2D eigenvalue weighted by molar-refractivity contribution is -0.434. The fourth-order valence-electron chi connectivity index (χ4n) is 38.3. The summed E-state index contributed by atoms with van der Waals surface area (Å²) < 4.78 is 2.10. The quantitative estimate of drug-likeness (QED) is 0.0515. The minimum atomic E-state index is -0.420. The molecule has 19 aliphatic carbocycles. The molecule has 16 nitrogen and oxygen atoms in total. The second-order valence-corrected chi connectivity index (χ2v) is 51.7. The number of aliphatic hydroxyl groups is 5. The molecule has 0 bridgehead atoms. The molecule has 143 heavy (non-hydrogen) atoms. The molecule has 1 aromatic heterocycles. The maximum atomic E-state index is 12.0. The number of aliphatic hydroxyl groups excluding tert-OH is 5. The van der Waals surface area contributed by atoms with Gasteiger partial charge in [-0.25, -0.2) is 4.68 Å². The van der Waals surface area contributed by atoms with E-state index < -0.39 is 6.10 Å². The van der Waals surface area contributed by atoms with E-state index >= 15 is 0 Å². The van der Waals surface area contributed by atoms with Gasteiger partial charge in [-0.1, -0.05) is 263 Å². The van der Waals surface area contributed by atoms with Crippen molar-refractivity contribution in [2.45, 2.75) is 324 Å². The Morgan fingerprint density at radius 3 is 1.15 bits per heavy atom. The minimum absolute atomic E-state index is 0.103. The number of hydrogen-bond acceptors (Lipinski definition) is 14. The van der Waals surface area contributed by atoms with Crippen molar-refractivity contribution in [2.24, 2.45) is 160 Å². The van der Waals surface area contributed by atoms with E-state index in [-0.39, 0.29) is 101 Å². The molecule has 0 radical (unpaired) electrons. The van der Waals surface area contributed by atoms with Crippen LogP contribution in [0.2, 0.25) is 0 Å². The fraction of sp³-hybridized carbons (Fsp3) is 0.606. The SMILES string of the molecule is C[C@]12CC[C@H](O)CC1=C(C#N)C[C@@H]1[C@@H]2CC[C@]2(C)C(c3ccccc3)=CC[C@@H]12.C[C@]12CC[C@H](O)CC1=C([N+](=O)[O-])C[C@@H]1[C@@H]2CC[C@]2(C)C(c3ccccc3)=CC[C@@H]12.C[C@]12CC[C@H](O)C[C@@H]1/C(=N/O)C[C@@H]1[C@@H]2CC[C@]2(C)C(c3ccccc3)=CC[C@@H]12.C[C@]12CC[C@H](O)C[C@@H]1C(C#N)=C[C@@H]1[C@@H]2CC[C@]2(C)C(c3ccccc3)=CC[C@@H]12.C[C@]12CC[C@H](O)C[C@@H]1n1nnnc1C[C@@H]1[C@@H]2CC[C@]2(C)C(c3ccccc3)=CC[C@@H]12. The van der Waals surface area contributed by atoms with Crippen LogP contribution < -0.4 is 0 Å². The predicted octanol–water partition coefficient (Wildman–Crippen LogP) is 27.2. The number of benzene rings is 5. The molecule has 33 atom stereocenters. The van der Waals surface area contributed by atoms with Crippen molar-refractivity contribution >= 4 is 33.6 Å². The lowest BCUT2D eigenvalue weighted by Crippen LogP contribution is -2.56. The molecular formula is C127H158N8O8. The van der Waals surface area contributed by atoms with E-state index in [2.05, 4.69) is 295 Å². The minimum Gasteiger partial charge on any atom is -0.411 e. The molecule has 16 heteroatoms. The molecule has 26 rings (SSSR count). The summed E-state index contributed by atoms with van der Waals surface area (Å²) in [4.78, 5) is 11.9. The Labute approximate surface area is 850 Å². The van der Waals surface area contributed by atoms with Crippen molar-refractivity contribution in [3.8, 4) is 12.1 Å². The molecule has 754 valence electrons. The van der Waals surface area contributed by atoms with Gasteiger partial charge in [0.1, 0.15) is 0 Å². The molecule has 1 aliphatic heterocycles. The summed E-state index contributed by atoms with van der Waals surface area (Å²) in [5.74, 6) is 10.2. The van der Waals surface area contributed by atoms with E-state index in [0.29, 0.717) is 107 Å². The maximum absolute atomic E-state index is 12.0. The van der Waals surface area contributed by atoms with Crippen molar-refractivity contribution in [1.29, 1.82) is 10.5 Å². The Balaban J connectivity index is 0.000000102. The van der Waals surface area contributed by atoms with Crippen LogP contribution in [0.25, 0.3) is 27.9 Å². The lowest BCUT2D eigenvalue weighted by atomic mass is 9.44. The van der Waals surface area contributed by atoms with Gasteiger partial charge in [-0.3, -0.25) is 10.1 Å². The van der Waals surface area contributed by atoms with Crippen molar-refractivity contribution in [3.63, 3.8) is 0 Å². The number of rotatable bonds is 6. The van der Waals surface area contributed by atoms with Crippen LogP contribution in [-0.4, -0.2) is 92.1 Å². The topological polar surface area (TPSA) is 268 Å². The largest absolute Gasteiger partial charge is 0.411 e. The molecule has 0 saturated heterocycles. The van der Waals surface area contributed by atoms with Crippen LogP contribution in [0.3, 0.4) is 0 Å². The number of fused-ring (bicyclic) bond motifs is 27. The van der Waals surface area contributed by atoms with Gasteiger partial charge in [0.2, 0.25) is 5.70 Å². The van der Waals surface area contributed by atoms with Gasteiger partial charge >= 0.3 is 0 Å². The first-order valence-corrected chi connectivity index (χ1v) is 56.1. The molecule has 5 aromatic carbocycles.